The van der Waals surface area contributed by atoms with Crippen molar-refractivity contribution in [3.63, 3.8) is 0 Å². The van der Waals surface area contributed by atoms with Crippen LogP contribution in [0.15, 0.2) is 6.07 Å². The Hall–Kier alpha value is -0.740. The van der Waals surface area contributed by atoms with Crippen LogP contribution in [-0.4, -0.2) is 16.6 Å². The van der Waals surface area contributed by atoms with Gasteiger partial charge in [-0.2, -0.15) is 0 Å². The molecule has 2 rings (SSSR count). The monoisotopic (exact) mass is 294 g/mol. The first-order valence-corrected chi connectivity index (χ1v) is 8.24. The number of hydrogen-bond donors (Lipinski definition) is 1. The summed E-state index contributed by atoms with van der Waals surface area (Å²) in [5.41, 5.74) is 0.896. The molecule has 0 aliphatic heterocycles. The molecule has 112 valence electrons. The molecule has 1 aliphatic rings. The van der Waals surface area contributed by atoms with Crippen molar-refractivity contribution >= 4 is 12.2 Å². The zero-order chi connectivity index (χ0) is 14.6. The van der Waals surface area contributed by atoms with Gasteiger partial charge < -0.3 is 9.72 Å². The normalized spacial score (nSPS) is 19.0. The number of rotatable bonds is 4. The Labute approximate surface area is 127 Å². The van der Waals surface area contributed by atoms with Crippen molar-refractivity contribution in [2.24, 2.45) is 0 Å². The molecule has 20 heavy (non-hydrogen) atoms. The van der Waals surface area contributed by atoms with Crippen molar-refractivity contribution < 1.29 is 4.74 Å². The summed E-state index contributed by atoms with van der Waals surface area (Å²) in [4.78, 5) is 8.11. The number of nitrogens with zero attached hydrogens (tertiary/aromatic N) is 1. The van der Waals surface area contributed by atoms with Gasteiger partial charge in [-0.3, -0.25) is 0 Å². The third-order valence-corrected chi connectivity index (χ3v) is 4.36. The van der Waals surface area contributed by atoms with Crippen molar-refractivity contribution in [1.82, 2.24) is 9.97 Å². The molecule has 0 amide bonds. The summed E-state index contributed by atoms with van der Waals surface area (Å²) in [6.45, 7) is 7.12. The molecule has 1 aliphatic carbocycles. The third-order valence-electron chi connectivity index (χ3n) is 4.15. The van der Waals surface area contributed by atoms with Crippen LogP contribution in [0.1, 0.15) is 76.7 Å². The first-order chi connectivity index (χ1) is 9.57. The summed E-state index contributed by atoms with van der Waals surface area (Å²) in [7, 11) is 0. The van der Waals surface area contributed by atoms with Crippen LogP contribution in [0.4, 0.5) is 0 Å². The van der Waals surface area contributed by atoms with Gasteiger partial charge in [0.1, 0.15) is 16.1 Å². The van der Waals surface area contributed by atoms with Gasteiger partial charge in [0.2, 0.25) is 0 Å². The van der Waals surface area contributed by atoms with E-state index < -0.39 is 0 Å². The smallest absolute Gasteiger partial charge is 0.140 e. The van der Waals surface area contributed by atoms with Crippen LogP contribution < -0.4 is 0 Å². The second kappa shape index (κ2) is 6.81. The second-order valence-corrected chi connectivity index (χ2v) is 6.44. The maximum Gasteiger partial charge on any atom is 0.140 e. The van der Waals surface area contributed by atoms with Gasteiger partial charge in [-0.25, -0.2) is 4.98 Å². The average Bonchev–Trinajstić information content (AvgIpc) is 2.65. The molecule has 0 bridgehead atoms. The summed E-state index contributed by atoms with van der Waals surface area (Å²) in [6, 6.07) is 1.97. The highest BCUT2D eigenvalue weighted by atomic mass is 32.1. The van der Waals surface area contributed by atoms with E-state index in [1.807, 2.05) is 6.07 Å². The SMILES string of the molecule is CCOC1(c2nc(=S)cc(C(C)C)[nH]2)CCCCCC1. The molecular formula is C16H26N2OS. The van der Waals surface area contributed by atoms with Crippen molar-refractivity contribution in [3.8, 4) is 0 Å². The highest BCUT2D eigenvalue weighted by molar-refractivity contribution is 7.71. The summed E-state index contributed by atoms with van der Waals surface area (Å²) in [6.07, 6.45) is 7.07. The van der Waals surface area contributed by atoms with E-state index in [2.05, 4.69) is 30.7 Å². The first-order valence-electron chi connectivity index (χ1n) is 7.83. The number of hydrogen-bond acceptors (Lipinski definition) is 3. The van der Waals surface area contributed by atoms with E-state index in [1.54, 1.807) is 0 Å². The van der Waals surface area contributed by atoms with E-state index in [-0.39, 0.29) is 5.60 Å². The van der Waals surface area contributed by atoms with Crippen LogP contribution in [0.5, 0.6) is 0 Å². The number of aromatic nitrogens is 2. The minimum atomic E-state index is -0.260. The number of aromatic amines is 1. The van der Waals surface area contributed by atoms with Crippen LogP contribution in [0.2, 0.25) is 0 Å². The minimum absolute atomic E-state index is 0.260. The molecule has 1 fully saturated rings. The minimum Gasteiger partial charge on any atom is -0.367 e. The number of nitrogens with one attached hydrogen (secondary N) is 1. The van der Waals surface area contributed by atoms with Crippen molar-refractivity contribution in [1.29, 1.82) is 0 Å². The lowest BCUT2D eigenvalue weighted by atomic mass is 9.92. The van der Waals surface area contributed by atoms with Crippen molar-refractivity contribution in [3.05, 3.63) is 22.2 Å². The molecule has 0 radical (unpaired) electrons. The summed E-state index contributed by atoms with van der Waals surface area (Å²) >= 11 is 5.36. The highest BCUT2D eigenvalue weighted by Gasteiger charge is 2.36. The Balaban J connectivity index is 2.44. The highest BCUT2D eigenvalue weighted by Crippen LogP contribution is 2.38. The lowest BCUT2D eigenvalue weighted by molar-refractivity contribution is -0.0626. The van der Waals surface area contributed by atoms with Crippen molar-refractivity contribution in [2.45, 2.75) is 70.8 Å². The lowest BCUT2D eigenvalue weighted by Crippen LogP contribution is -2.32. The van der Waals surface area contributed by atoms with Crippen LogP contribution >= 0.6 is 12.2 Å². The average molecular weight is 294 g/mol. The van der Waals surface area contributed by atoms with Crippen LogP contribution in [0, 0.1) is 4.64 Å². The van der Waals surface area contributed by atoms with E-state index in [0.29, 0.717) is 17.2 Å². The van der Waals surface area contributed by atoms with E-state index in [1.165, 1.54) is 25.7 Å². The summed E-state index contributed by atoms with van der Waals surface area (Å²) < 4.78 is 6.86. The Morgan fingerprint density at radius 3 is 2.50 bits per heavy atom. The maximum absolute atomic E-state index is 6.19. The Morgan fingerprint density at radius 2 is 1.95 bits per heavy atom. The fourth-order valence-corrected chi connectivity index (χ4v) is 3.25. The molecule has 0 atom stereocenters. The van der Waals surface area contributed by atoms with Gasteiger partial charge in [0, 0.05) is 12.3 Å². The molecule has 4 heteroatoms. The predicted molar refractivity (Wildman–Crippen MR) is 84.5 cm³/mol. The first kappa shape index (κ1) is 15.6. The second-order valence-electron chi connectivity index (χ2n) is 6.02. The van der Waals surface area contributed by atoms with Crippen LogP contribution in [0.3, 0.4) is 0 Å². The topological polar surface area (TPSA) is 37.9 Å². The molecule has 1 saturated carbocycles. The predicted octanol–water partition coefficient (Wildman–Crippen LogP) is 4.85. The molecule has 0 saturated heterocycles. The zero-order valence-electron chi connectivity index (χ0n) is 12.9. The standard InChI is InChI=1S/C16H26N2OS/c1-4-19-16(9-7-5-6-8-10-16)15-17-13(12(2)3)11-14(20)18-15/h11-12H,4-10H2,1-3H3,(H,17,18,20). The van der Waals surface area contributed by atoms with E-state index in [9.17, 15) is 0 Å². The van der Waals surface area contributed by atoms with Gasteiger partial charge in [0.25, 0.3) is 0 Å². The summed E-state index contributed by atoms with van der Waals surface area (Å²) in [5, 5.41) is 0. The number of ether oxygens (including phenoxy) is 1. The molecule has 0 spiro atoms. The molecule has 0 aromatic carbocycles. The van der Waals surface area contributed by atoms with Gasteiger partial charge in [-0.15, -0.1) is 0 Å². The largest absolute Gasteiger partial charge is 0.367 e. The van der Waals surface area contributed by atoms with E-state index in [0.717, 1.165) is 24.4 Å². The molecule has 0 unspecified atom stereocenters. The number of H-pyrrole nitrogens is 1. The molecule has 1 heterocycles. The molecule has 1 N–H and O–H groups in total. The van der Waals surface area contributed by atoms with Gasteiger partial charge in [0.05, 0.1) is 0 Å². The Bertz CT molecular complexity index is 487. The Kier molecular flexibility index (Phi) is 5.33. The van der Waals surface area contributed by atoms with Gasteiger partial charge in [0.15, 0.2) is 0 Å². The maximum atomic E-state index is 6.19. The molecule has 1 aromatic rings. The fourth-order valence-electron chi connectivity index (χ4n) is 3.03. The van der Waals surface area contributed by atoms with Gasteiger partial charge in [-0.1, -0.05) is 51.7 Å². The molecule has 1 aromatic heterocycles. The van der Waals surface area contributed by atoms with E-state index >= 15 is 0 Å². The summed E-state index contributed by atoms with van der Waals surface area (Å²) in [5.74, 6) is 1.36. The lowest BCUT2D eigenvalue weighted by Gasteiger charge is -2.32. The molecular weight excluding hydrogens is 268 g/mol. The zero-order valence-corrected chi connectivity index (χ0v) is 13.7. The van der Waals surface area contributed by atoms with Gasteiger partial charge in [-0.05, 0) is 31.7 Å². The fraction of sp³-hybridized carbons (Fsp3) is 0.750. The van der Waals surface area contributed by atoms with Gasteiger partial charge >= 0.3 is 0 Å². The molecule has 3 nitrogen and oxygen atoms in total. The Morgan fingerprint density at radius 1 is 1.30 bits per heavy atom. The quantitative estimate of drug-likeness (QED) is 0.637. The van der Waals surface area contributed by atoms with Crippen molar-refractivity contribution in [2.75, 3.05) is 6.61 Å². The van der Waals surface area contributed by atoms with E-state index in [4.69, 9.17) is 17.0 Å². The third kappa shape index (κ3) is 3.47. The van der Waals surface area contributed by atoms with Crippen LogP contribution in [0.25, 0.3) is 0 Å². The van der Waals surface area contributed by atoms with Crippen LogP contribution in [-0.2, 0) is 10.3 Å².